The van der Waals surface area contributed by atoms with Crippen LogP contribution in [0.5, 0.6) is 0 Å². The number of benzene rings is 1. The molecule has 132 valence electrons. The summed E-state index contributed by atoms with van der Waals surface area (Å²) in [6.45, 7) is 4.11. The fourth-order valence-electron chi connectivity index (χ4n) is 3.49. The summed E-state index contributed by atoms with van der Waals surface area (Å²) in [6.07, 6.45) is 2.33. The van der Waals surface area contributed by atoms with E-state index in [4.69, 9.17) is 11.6 Å². The highest BCUT2D eigenvalue weighted by Crippen LogP contribution is 2.38. The van der Waals surface area contributed by atoms with Gasteiger partial charge in [-0.1, -0.05) is 18.5 Å². The van der Waals surface area contributed by atoms with Gasteiger partial charge in [0.2, 0.25) is 0 Å². The molecule has 1 aromatic heterocycles. The predicted octanol–water partition coefficient (Wildman–Crippen LogP) is 5.06. The largest absolute Gasteiger partial charge is 0.356 e. The number of halogens is 3. The van der Waals surface area contributed by atoms with Crippen LogP contribution in [0.25, 0.3) is 11.4 Å². The minimum absolute atomic E-state index is 0.0629. The van der Waals surface area contributed by atoms with Crippen LogP contribution >= 0.6 is 23.4 Å². The molecular weight excluding hydrogens is 364 g/mol. The summed E-state index contributed by atoms with van der Waals surface area (Å²) in [7, 11) is 0. The molecule has 1 fully saturated rings. The maximum atomic E-state index is 14.4. The topological polar surface area (TPSA) is 29.0 Å². The standard InChI is InChI=1S/C18H18ClF2N3S/c1-10-3-2-4-24(7-10)18-12-8-25-9-16(12)22-17(23-18)11-5-15(21)13(19)6-14(11)20/h5-6,10H,2-4,7-9H2,1H3. The van der Waals surface area contributed by atoms with Crippen molar-refractivity contribution >= 4 is 29.2 Å². The molecule has 0 spiro atoms. The van der Waals surface area contributed by atoms with Crippen LogP contribution < -0.4 is 4.90 Å². The average molecular weight is 382 g/mol. The Labute approximate surface area is 154 Å². The van der Waals surface area contributed by atoms with E-state index in [1.807, 2.05) is 0 Å². The van der Waals surface area contributed by atoms with E-state index in [9.17, 15) is 8.78 Å². The van der Waals surface area contributed by atoms with E-state index in [-0.39, 0.29) is 16.4 Å². The maximum absolute atomic E-state index is 14.4. The van der Waals surface area contributed by atoms with E-state index in [0.717, 1.165) is 60.2 Å². The van der Waals surface area contributed by atoms with Crippen LogP contribution in [0.1, 0.15) is 31.0 Å². The maximum Gasteiger partial charge on any atom is 0.164 e. The molecule has 2 aliphatic heterocycles. The first-order chi connectivity index (χ1) is 12.0. The van der Waals surface area contributed by atoms with Crippen molar-refractivity contribution in [1.29, 1.82) is 0 Å². The zero-order valence-corrected chi connectivity index (χ0v) is 15.4. The van der Waals surface area contributed by atoms with Gasteiger partial charge in [0.1, 0.15) is 17.5 Å². The molecule has 0 N–H and O–H groups in total. The lowest BCUT2D eigenvalue weighted by Crippen LogP contribution is -2.35. The van der Waals surface area contributed by atoms with E-state index < -0.39 is 11.6 Å². The Hall–Kier alpha value is -1.40. The molecule has 0 saturated carbocycles. The zero-order chi connectivity index (χ0) is 17.6. The van der Waals surface area contributed by atoms with Crippen molar-refractivity contribution < 1.29 is 8.78 Å². The summed E-state index contributed by atoms with van der Waals surface area (Å²) in [5.74, 6) is 2.10. The molecule has 2 aromatic rings. The summed E-state index contributed by atoms with van der Waals surface area (Å²) in [6, 6.07) is 2.07. The van der Waals surface area contributed by atoms with E-state index >= 15 is 0 Å². The van der Waals surface area contributed by atoms with Gasteiger partial charge in [0.25, 0.3) is 0 Å². The Bertz CT molecular complexity index is 830. The molecule has 0 aliphatic carbocycles. The summed E-state index contributed by atoms with van der Waals surface area (Å²) < 4.78 is 28.2. The minimum atomic E-state index is -0.662. The smallest absolute Gasteiger partial charge is 0.164 e. The molecule has 0 bridgehead atoms. The monoisotopic (exact) mass is 381 g/mol. The van der Waals surface area contributed by atoms with E-state index in [2.05, 4.69) is 21.8 Å². The van der Waals surface area contributed by atoms with Crippen molar-refractivity contribution in [3.63, 3.8) is 0 Å². The fraction of sp³-hybridized carbons (Fsp3) is 0.444. The van der Waals surface area contributed by atoms with Gasteiger partial charge in [-0.3, -0.25) is 0 Å². The van der Waals surface area contributed by atoms with Crippen molar-refractivity contribution in [2.75, 3.05) is 18.0 Å². The van der Waals surface area contributed by atoms with Gasteiger partial charge < -0.3 is 4.90 Å². The third-order valence-corrected chi connectivity index (χ3v) is 6.02. The van der Waals surface area contributed by atoms with Gasteiger partial charge in [-0.25, -0.2) is 18.7 Å². The first kappa shape index (κ1) is 17.0. The van der Waals surface area contributed by atoms with Gasteiger partial charge in [0.15, 0.2) is 5.82 Å². The van der Waals surface area contributed by atoms with Crippen molar-refractivity contribution in [3.05, 3.63) is 40.0 Å². The SMILES string of the molecule is CC1CCCN(c2nc(-c3cc(F)c(Cl)cc3F)nc3c2CSC3)C1. The van der Waals surface area contributed by atoms with Gasteiger partial charge in [0.05, 0.1) is 16.3 Å². The summed E-state index contributed by atoms with van der Waals surface area (Å²) in [4.78, 5) is 11.4. The van der Waals surface area contributed by atoms with E-state index in [1.54, 1.807) is 11.8 Å². The molecule has 3 heterocycles. The Morgan fingerprint density at radius 3 is 2.84 bits per heavy atom. The van der Waals surface area contributed by atoms with Gasteiger partial charge >= 0.3 is 0 Å². The number of fused-ring (bicyclic) bond motifs is 1. The van der Waals surface area contributed by atoms with Crippen LogP contribution in [0.3, 0.4) is 0 Å². The Balaban J connectivity index is 1.82. The van der Waals surface area contributed by atoms with Crippen LogP contribution in [0.4, 0.5) is 14.6 Å². The Kier molecular flexibility index (Phi) is 4.58. The third-order valence-electron chi connectivity index (χ3n) is 4.76. The lowest BCUT2D eigenvalue weighted by atomic mass is 10.00. The quantitative estimate of drug-likeness (QED) is 0.680. The lowest BCUT2D eigenvalue weighted by Gasteiger charge is -2.33. The van der Waals surface area contributed by atoms with Gasteiger partial charge in [-0.2, -0.15) is 11.8 Å². The molecule has 1 saturated heterocycles. The molecular formula is C18H18ClF2N3S. The second kappa shape index (κ2) is 6.72. The zero-order valence-electron chi connectivity index (χ0n) is 13.9. The first-order valence-electron chi connectivity index (χ1n) is 8.40. The molecule has 25 heavy (non-hydrogen) atoms. The summed E-state index contributed by atoms with van der Waals surface area (Å²) in [5.41, 5.74) is 2.13. The van der Waals surface area contributed by atoms with Crippen LogP contribution in [-0.4, -0.2) is 23.1 Å². The van der Waals surface area contributed by atoms with Crippen LogP contribution in [0.2, 0.25) is 5.02 Å². The number of aromatic nitrogens is 2. The van der Waals surface area contributed by atoms with Crippen molar-refractivity contribution in [2.45, 2.75) is 31.3 Å². The second-order valence-corrected chi connectivity index (χ2v) is 8.12. The Morgan fingerprint density at radius 2 is 2.04 bits per heavy atom. The Morgan fingerprint density at radius 1 is 1.20 bits per heavy atom. The van der Waals surface area contributed by atoms with Crippen LogP contribution in [-0.2, 0) is 11.5 Å². The highest BCUT2D eigenvalue weighted by atomic mass is 35.5. The van der Waals surface area contributed by atoms with Crippen LogP contribution in [0.15, 0.2) is 12.1 Å². The molecule has 1 atom stereocenters. The molecule has 1 aromatic carbocycles. The number of hydrogen-bond acceptors (Lipinski definition) is 4. The van der Waals surface area contributed by atoms with Crippen LogP contribution in [0, 0.1) is 17.6 Å². The first-order valence-corrected chi connectivity index (χ1v) is 9.93. The summed E-state index contributed by atoms with van der Waals surface area (Å²) >= 11 is 7.45. The predicted molar refractivity (Wildman–Crippen MR) is 98.0 cm³/mol. The normalized spacial score (nSPS) is 20.0. The molecule has 2 aliphatic rings. The molecule has 0 radical (unpaired) electrons. The third kappa shape index (κ3) is 3.22. The minimum Gasteiger partial charge on any atom is -0.356 e. The van der Waals surface area contributed by atoms with Crippen molar-refractivity contribution in [3.8, 4) is 11.4 Å². The second-order valence-electron chi connectivity index (χ2n) is 6.73. The molecule has 4 rings (SSSR count). The highest BCUT2D eigenvalue weighted by Gasteiger charge is 2.27. The molecule has 1 unspecified atom stereocenters. The number of rotatable bonds is 2. The fourth-order valence-corrected chi connectivity index (χ4v) is 4.68. The van der Waals surface area contributed by atoms with Crippen molar-refractivity contribution in [2.24, 2.45) is 5.92 Å². The van der Waals surface area contributed by atoms with Crippen molar-refractivity contribution in [1.82, 2.24) is 9.97 Å². The number of anilines is 1. The molecule has 7 heteroatoms. The number of hydrogen-bond donors (Lipinski definition) is 0. The van der Waals surface area contributed by atoms with Gasteiger partial charge in [0, 0.05) is 30.2 Å². The highest BCUT2D eigenvalue weighted by molar-refractivity contribution is 7.98. The van der Waals surface area contributed by atoms with Gasteiger partial charge in [-0.05, 0) is 30.9 Å². The molecule has 0 amide bonds. The van der Waals surface area contributed by atoms with E-state index in [0.29, 0.717) is 5.92 Å². The molecule has 3 nitrogen and oxygen atoms in total. The van der Waals surface area contributed by atoms with Gasteiger partial charge in [-0.15, -0.1) is 0 Å². The summed E-state index contributed by atoms with van der Waals surface area (Å²) in [5, 5.41) is -0.233. The number of piperidine rings is 1. The number of thioether (sulfide) groups is 1. The lowest BCUT2D eigenvalue weighted by molar-refractivity contribution is 0.444. The number of nitrogens with zero attached hydrogens (tertiary/aromatic N) is 3. The average Bonchev–Trinajstić information content (AvgIpc) is 3.05. The van der Waals surface area contributed by atoms with E-state index in [1.165, 1.54) is 6.42 Å².